The van der Waals surface area contributed by atoms with Crippen molar-refractivity contribution in [2.75, 3.05) is 0 Å². The fourth-order valence-electron chi connectivity index (χ4n) is 3.24. The summed E-state index contributed by atoms with van der Waals surface area (Å²) < 4.78 is 9.10. The molecule has 0 saturated heterocycles. The van der Waals surface area contributed by atoms with Crippen LogP contribution in [0.5, 0.6) is 5.75 Å². The summed E-state index contributed by atoms with van der Waals surface area (Å²) in [4.78, 5) is 12.6. The van der Waals surface area contributed by atoms with Gasteiger partial charge in [0.15, 0.2) is 6.73 Å². The van der Waals surface area contributed by atoms with Gasteiger partial charge in [0.1, 0.15) is 11.4 Å². The first-order chi connectivity index (χ1) is 15.0. The summed E-state index contributed by atoms with van der Waals surface area (Å²) in [5, 5.41) is 12.5. The maximum Gasteiger partial charge on any atom is 0.272 e. The van der Waals surface area contributed by atoms with E-state index < -0.39 is 0 Å². The molecular formula is C23H22ClN5O2. The number of nitrogens with zero attached hydrogens (tertiary/aromatic N) is 4. The molecule has 0 saturated carbocycles. The Morgan fingerprint density at radius 1 is 1.03 bits per heavy atom. The Hall–Kier alpha value is -3.58. The minimum absolute atomic E-state index is 0.191. The van der Waals surface area contributed by atoms with Crippen LogP contribution in [0.15, 0.2) is 66.9 Å². The number of carbonyl (C=O) groups excluding carboxylic acids is 1. The zero-order valence-electron chi connectivity index (χ0n) is 17.2. The van der Waals surface area contributed by atoms with Gasteiger partial charge in [-0.2, -0.15) is 10.2 Å². The summed E-state index contributed by atoms with van der Waals surface area (Å²) in [6.07, 6.45) is 1.70. The van der Waals surface area contributed by atoms with Gasteiger partial charge < -0.3 is 10.1 Å². The summed E-state index contributed by atoms with van der Waals surface area (Å²) in [6.45, 7) is 4.50. The summed E-state index contributed by atoms with van der Waals surface area (Å²) in [6, 6.07) is 18.6. The number of amides is 1. The Balaban J connectivity index is 1.37. The van der Waals surface area contributed by atoms with E-state index in [-0.39, 0.29) is 12.6 Å². The number of benzene rings is 2. The molecule has 4 aromatic rings. The van der Waals surface area contributed by atoms with Gasteiger partial charge in [-0.25, -0.2) is 9.36 Å². The molecule has 2 aromatic heterocycles. The molecule has 1 amide bonds. The SMILES string of the molecule is Cc1nn(-c2ccccc2)c(C)c1CNC(=O)c1ccn(COc2ccc(Cl)cc2)n1. The number of hydrogen-bond acceptors (Lipinski definition) is 4. The monoisotopic (exact) mass is 435 g/mol. The third-order valence-corrected chi connectivity index (χ3v) is 5.17. The van der Waals surface area contributed by atoms with E-state index in [0.717, 1.165) is 22.6 Å². The molecule has 158 valence electrons. The molecule has 2 heterocycles. The van der Waals surface area contributed by atoms with Crippen molar-refractivity contribution in [3.8, 4) is 11.4 Å². The number of carbonyl (C=O) groups is 1. The van der Waals surface area contributed by atoms with Crippen LogP contribution in [0.2, 0.25) is 5.02 Å². The van der Waals surface area contributed by atoms with Crippen LogP contribution in [0.25, 0.3) is 5.69 Å². The molecule has 0 aliphatic rings. The second-order valence-corrected chi connectivity index (χ2v) is 7.48. The molecule has 7 nitrogen and oxygen atoms in total. The molecule has 0 atom stereocenters. The average molecular weight is 436 g/mol. The normalized spacial score (nSPS) is 10.8. The molecule has 4 rings (SSSR count). The van der Waals surface area contributed by atoms with Crippen LogP contribution in [0.1, 0.15) is 27.4 Å². The molecule has 0 spiro atoms. The Morgan fingerprint density at radius 2 is 1.77 bits per heavy atom. The van der Waals surface area contributed by atoms with Crippen LogP contribution in [0.4, 0.5) is 0 Å². The summed E-state index contributed by atoms with van der Waals surface area (Å²) in [7, 11) is 0. The number of ether oxygens (including phenoxy) is 1. The van der Waals surface area contributed by atoms with Crippen molar-refractivity contribution in [2.45, 2.75) is 27.1 Å². The van der Waals surface area contributed by atoms with Gasteiger partial charge >= 0.3 is 0 Å². The van der Waals surface area contributed by atoms with Crippen molar-refractivity contribution in [3.63, 3.8) is 0 Å². The predicted octanol–water partition coefficient (Wildman–Crippen LogP) is 4.31. The van der Waals surface area contributed by atoms with Gasteiger partial charge in [-0.3, -0.25) is 4.79 Å². The van der Waals surface area contributed by atoms with E-state index >= 15 is 0 Å². The molecule has 2 aromatic carbocycles. The quantitative estimate of drug-likeness (QED) is 0.469. The maximum atomic E-state index is 12.6. The third-order valence-electron chi connectivity index (χ3n) is 4.92. The number of hydrogen-bond donors (Lipinski definition) is 1. The molecule has 0 unspecified atom stereocenters. The van der Waals surface area contributed by atoms with Crippen LogP contribution >= 0.6 is 11.6 Å². The highest BCUT2D eigenvalue weighted by atomic mass is 35.5. The molecule has 8 heteroatoms. The maximum absolute atomic E-state index is 12.6. The van der Waals surface area contributed by atoms with Crippen molar-refractivity contribution in [2.24, 2.45) is 0 Å². The number of para-hydroxylation sites is 1. The lowest BCUT2D eigenvalue weighted by Crippen LogP contribution is -2.24. The summed E-state index contributed by atoms with van der Waals surface area (Å²) in [5.74, 6) is 0.420. The van der Waals surface area contributed by atoms with E-state index in [9.17, 15) is 4.79 Å². The number of aromatic nitrogens is 4. The van der Waals surface area contributed by atoms with Crippen LogP contribution in [-0.4, -0.2) is 25.5 Å². The van der Waals surface area contributed by atoms with E-state index in [0.29, 0.717) is 23.0 Å². The highest BCUT2D eigenvalue weighted by molar-refractivity contribution is 6.30. The number of aryl methyl sites for hydroxylation is 1. The molecule has 1 N–H and O–H groups in total. The van der Waals surface area contributed by atoms with Gasteiger partial charge in [0.2, 0.25) is 0 Å². The molecule has 31 heavy (non-hydrogen) atoms. The number of nitrogens with one attached hydrogen (secondary N) is 1. The van der Waals surface area contributed by atoms with Crippen LogP contribution < -0.4 is 10.1 Å². The van der Waals surface area contributed by atoms with Crippen LogP contribution in [0, 0.1) is 13.8 Å². The van der Waals surface area contributed by atoms with E-state index in [1.807, 2.05) is 48.9 Å². The molecular weight excluding hydrogens is 414 g/mol. The zero-order chi connectivity index (χ0) is 21.8. The van der Waals surface area contributed by atoms with E-state index in [4.69, 9.17) is 16.3 Å². The van der Waals surface area contributed by atoms with Gasteiger partial charge in [0.05, 0.1) is 11.4 Å². The highest BCUT2D eigenvalue weighted by Gasteiger charge is 2.15. The van der Waals surface area contributed by atoms with Gasteiger partial charge in [-0.1, -0.05) is 29.8 Å². The minimum Gasteiger partial charge on any atom is -0.471 e. The lowest BCUT2D eigenvalue weighted by atomic mass is 10.2. The minimum atomic E-state index is -0.253. The second kappa shape index (κ2) is 9.06. The average Bonchev–Trinajstić information content (AvgIpc) is 3.37. The Bertz CT molecular complexity index is 1180. The first-order valence-electron chi connectivity index (χ1n) is 9.82. The molecule has 0 fully saturated rings. The Labute approximate surface area is 185 Å². The Kier molecular flexibility index (Phi) is 6.04. The second-order valence-electron chi connectivity index (χ2n) is 7.05. The molecule has 0 radical (unpaired) electrons. The highest BCUT2D eigenvalue weighted by Crippen LogP contribution is 2.18. The first-order valence-corrected chi connectivity index (χ1v) is 10.2. The number of halogens is 1. The van der Waals surface area contributed by atoms with E-state index in [2.05, 4.69) is 15.5 Å². The van der Waals surface area contributed by atoms with E-state index in [1.165, 1.54) is 0 Å². The van der Waals surface area contributed by atoms with Gasteiger partial charge in [0.25, 0.3) is 5.91 Å². The zero-order valence-corrected chi connectivity index (χ0v) is 18.0. The van der Waals surface area contributed by atoms with Gasteiger partial charge in [0, 0.05) is 29.0 Å². The van der Waals surface area contributed by atoms with Crippen molar-refractivity contribution in [1.82, 2.24) is 24.9 Å². The van der Waals surface area contributed by atoms with Crippen molar-refractivity contribution in [1.29, 1.82) is 0 Å². The van der Waals surface area contributed by atoms with E-state index in [1.54, 1.807) is 41.2 Å². The number of rotatable bonds is 7. The fraction of sp³-hybridized carbons (Fsp3) is 0.174. The van der Waals surface area contributed by atoms with Gasteiger partial charge in [-0.15, -0.1) is 0 Å². The Morgan fingerprint density at radius 3 is 2.52 bits per heavy atom. The predicted molar refractivity (Wildman–Crippen MR) is 119 cm³/mol. The summed E-state index contributed by atoms with van der Waals surface area (Å²) >= 11 is 5.87. The lowest BCUT2D eigenvalue weighted by molar-refractivity contribution is 0.0944. The molecule has 0 aliphatic carbocycles. The molecule has 0 bridgehead atoms. The fourth-order valence-corrected chi connectivity index (χ4v) is 3.36. The topological polar surface area (TPSA) is 74.0 Å². The van der Waals surface area contributed by atoms with Crippen LogP contribution in [0.3, 0.4) is 0 Å². The van der Waals surface area contributed by atoms with Crippen molar-refractivity contribution in [3.05, 3.63) is 94.5 Å². The van der Waals surface area contributed by atoms with Crippen molar-refractivity contribution < 1.29 is 9.53 Å². The smallest absolute Gasteiger partial charge is 0.272 e. The van der Waals surface area contributed by atoms with Gasteiger partial charge in [-0.05, 0) is 56.3 Å². The van der Waals surface area contributed by atoms with Crippen molar-refractivity contribution >= 4 is 17.5 Å². The summed E-state index contributed by atoms with van der Waals surface area (Å²) in [5.41, 5.74) is 4.17. The lowest BCUT2D eigenvalue weighted by Gasteiger charge is -2.07. The first kappa shape index (κ1) is 20.7. The van der Waals surface area contributed by atoms with Crippen LogP contribution in [-0.2, 0) is 13.3 Å². The third kappa shape index (κ3) is 4.78. The molecule has 0 aliphatic heterocycles. The standard InChI is InChI=1S/C23H22ClN5O2/c1-16-21(17(2)29(26-16)19-6-4-3-5-7-19)14-25-23(30)22-12-13-28(27-22)15-31-20-10-8-18(24)9-11-20/h3-13H,14-15H2,1-2H3,(H,25,30). The largest absolute Gasteiger partial charge is 0.471 e.